The molecular formula is C19H26N4S. The fourth-order valence-electron chi connectivity index (χ4n) is 3.29. The number of amidine groups is 1. The van der Waals surface area contributed by atoms with Crippen LogP contribution in [0.4, 0.5) is 5.69 Å². The lowest BCUT2D eigenvalue weighted by Crippen LogP contribution is -2.18. The summed E-state index contributed by atoms with van der Waals surface area (Å²) in [5.41, 5.74) is 4.56. The van der Waals surface area contributed by atoms with E-state index in [4.69, 9.17) is 4.99 Å². The van der Waals surface area contributed by atoms with Crippen molar-refractivity contribution in [2.75, 3.05) is 11.9 Å². The van der Waals surface area contributed by atoms with Gasteiger partial charge in [0, 0.05) is 12.2 Å². The standard InChI is InChI=1S/C19H26N4S/c1-13-9-10-17(14(2)11-13)21-19(18-15(3)22-23-24-18)20-12-16-7-5-4-6-8-16/h9-11,16H,4-8,12H2,1-3H3,(H,20,21). The third-order valence-electron chi connectivity index (χ3n) is 4.73. The van der Waals surface area contributed by atoms with Crippen molar-refractivity contribution < 1.29 is 0 Å². The highest BCUT2D eigenvalue weighted by Gasteiger charge is 2.16. The Hall–Kier alpha value is -1.75. The van der Waals surface area contributed by atoms with Crippen molar-refractivity contribution >= 4 is 23.1 Å². The molecule has 0 amide bonds. The first kappa shape index (κ1) is 17.1. The zero-order chi connectivity index (χ0) is 16.9. The highest BCUT2D eigenvalue weighted by Crippen LogP contribution is 2.25. The van der Waals surface area contributed by atoms with Crippen molar-refractivity contribution in [1.29, 1.82) is 0 Å². The summed E-state index contributed by atoms with van der Waals surface area (Å²) in [5.74, 6) is 1.64. The third kappa shape index (κ3) is 4.20. The molecule has 0 radical (unpaired) electrons. The smallest absolute Gasteiger partial charge is 0.146 e. The van der Waals surface area contributed by atoms with Crippen LogP contribution in [-0.2, 0) is 0 Å². The monoisotopic (exact) mass is 342 g/mol. The fraction of sp³-hybridized carbons (Fsp3) is 0.526. The summed E-state index contributed by atoms with van der Waals surface area (Å²) in [6.45, 7) is 7.14. The Morgan fingerprint density at radius 3 is 2.67 bits per heavy atom. The van der Waals surface area contributed by atoms with Crippen LogP contribution in [0.1, 0.15) is 53.8 Å². The molecule has 0 unspecified atom stereocenters. The molecule has 1 saturated carbocycles. The summed E-state index contributed by atoms with van der Waals surface area (Å²) in [6.07, 6.45) is 6.69. The molecule has 0 saturated heterocycles. The summed E-state index contributed by atoms with van der Waals surface area (Å²) in [5, 5.41) is 7.70. The Morgan fingerprint density at radius 1 is 1.21 bits per heavy atom. The molecule has 0 spiro atoms. The maximum Gasteiger partial charge on any atom is 0.146 e. The van der Waals surface area contributed by atoms with Gasteiger partial charge in [0.05, 0.1) is 5.69 Å². The summed E-state index contributed by atoms with van der Waals surface area (Å²) >= 11 is 1.42. The minimum Gasteiger partial charge on any atom is -0.339 e. The molecule has 1 aromatic carbocycles. The van der Waals surface area contributed by atoms with Crippen LogP contribution in [0.5, 0.6) is 0 Å². The van der Waals surface area contributed by atoms with Crippen molar-refractivity contribution in [2.45, 2.75) is 52.9 Å². The largest absolute Gasteiger partial charge is 0.339 e. The van der Waals surface area contributed by atoms with E-state index in [-0.39, 0.29) is 0 Å². The molecule has 1 N–H and O–H groups in total. The van der Waals surface area contributed by atoms with E-state index in [0.29, 0.717) is 0 Å². The van der Waals surface area contributed by atoms with Gasteiger partial charge in [-0.25, -0.2) is 0 Å². The first-order valence-corrected chi connectivity index (χ1v) is 9.59. The summed E-state index contributed by atoms with van der Waals surface area (Å²) < 4.78 is 4.09. The van der Waals surface area contributed by atoms with Crippen LogP contribution in [-0.4, -0.2) is 22.0 Å². The van der Waals surface area contributed by atoms with E-state index in [0.717, 1.165) is 34.6 Å². The second-order valence-electron chi connectivity index (χ2n) is 6.82. The van der Waals surface area contributed by atoms with E-state index >= 15 is 0 Å². The molecule has 1 heterocycles. The van der Waals surface area contributed by atoms with Gasteiger partial charge >= 0.3 is 0 Å². The van der Waals surface area contributed by atoms with Crippen LogP contribution >= 0.6 is 11.5 Å². The topological polar surface area (TPSA) is 50.2 Å². The zero-order valence-electron chi connectivity index (χ0n) is 14.8. The number of aryl methyl sites for hydroxylation is 3. The molecule has 1 fully saturated rings. The second kappa shape index (κ2) is 7.88. The number of anilines is 1. The molecule has 24 heavy (non-hydrogen) atoms. The lowest BCUT2D eigenvalue weighted by Gasteiger charge is -2.20. The molecule has 5 heteroatoms. The molecule has 2 aromatic rings. The quantitative estimate of drug-likeness (QED) is 0.635. The molecular weight excluding hydrogens is 316 g/mol. The van der Waals surface area contributed by atoms with Gasteiger partial charge in [0.1, 0.15) is 10.7 Å². The number of benzene rings is 1. The van der Waals surface area contributed by atoms with E-state index in [1.54, 1.807) is 0 Å². The van der Waals surface area contributed by atoms with E-state index in [2.05, 4.69) is 47.0 Å². The Labute approximate surface area is 148 Å². The van der Waals surface area contributed by atoms with Crippen LogP contribution < -0.4 is 5.32 Å². The van der Waals surface area contributed by atoms with Gasteiger partial charge in [0.2, 0.25) is 0 Å². The van der Waals surface area contributed by atoms with E-state index in [1.807, 2.05) is 6.92 Å². The number of aromatic nitrogens is 2. The van der Waals surface area contributed by atoms with Crippen LogP contribution in [0.3, 0.4) is 0 Å². The maximum atomic E-state index is 4.95. The summed E-state index contributed by atoms with van der Waals surface area (Å²) in [4.78, 5) is 5.99. The molecule has 3 rings (SSSR count). The van der Waals surface area contributed by atoms with E-state index < -0.39 is 0 Å². The molecule has 0 aliphatic heterocycles. The predicted molar refractivity (Wildman–Crippen MR) is 102 cm³/mol. The van der Waals surface area contributed by atoms with Gasteiger partial charge in [-0.2, -0.15) is 0 Å². The van der Waals surface area contributed by atoms with Crippen LogP contribution in [0, 0.1) is 26.7 Å². The van der Waals surface area contributed by atoms with Crippen molar-refractivity contribution in [1.82, 2.24) is 9.59 Å². The number of hydrogen-bond donors (Lipinski definition) is 1. The normalized spacial score (nSPS) is 16.4. The summed E-state index contributed by atoms with van der Waals surface area (Å²) in [6, 6.07) is 6.45. The van der Waals surface area contributed by atoms with Gasteiger partial charge in [-0.1, -0.05) is 41.4 Å². The van der Waals surface area contributed by atoms with Gasteiger partial charge in [0.15, 0.2) is 0 Å². The molecule has 1 aromatic heterocycles. The molecule has 1 aliphatic rings. The number of rotatable bonds is 4. The van der Waals surface area contributed by atoms with E-state index in [1.165, 1.54) is 54.8 Å². The van der Waals surface area contributed by atoms with Crippen LogP contribution in [0.2, 0.25) is 0 Å². The number of aliphatic imine (C=N–C) groups is 1. The van der Waals surface area contributed by atoms with Crippen molar-refractivity contribution in [3.05, 3.63) is 39.9 Å². The Morgan fingerprint density at radius 2 is 2.00 bits per heavy atom. The first-order valence-electron chi connectivity index (χ1n) is 8.81. The molecule has 1 aliphatic carbocycles. The molecule has 0 atom stereocenters. The minimum absolute atomic E-state index is 0.718. The Balaban J connectivity index is 1.83. The fourth-order valence-corrected chi connectivity index (χ4v) is 3.91. The highest BCUT2D eigenvalue weighted by atomic mass is 32.1. The van der Waals surface area contributed by atoms with Gasteiger partial charge < -0.3 is 5.32 Å². The van der Waals surface area contributed by atoms with Crippen LogP contribution in [0.15, 0.2) is 23.2 Å². The number of hydrogen-bond acceptors (Lipinski definition) is 4. The lowest BCUT2D eigenvalue weighted by molar-refractivity contribution is 0.367. The lowest BCUT2D eigenvalue weighted by atomic mass is 9.89. The van der Waals surface area contributed by atoms with Gasteiger partial charge in [-0.15, -0.1) is 5.10 Å². The highest BCUT2D eigenvalue weighted by molar-refractivity contribution is 7.08. The minimum atomic E-state index is 0.718. The Kier molecular flexibility index (Phi) is 5.61. The second-order valence-corrected chi connectivity index (χ2v) is 7.58. The van der Waals surface area contributed by atoms with Crippen LogP contribution in [0.25, 0.3) is 0 Å². The first-order chi connectivity index (χ1) is 11.6. The maximum absolute atomic E-state index is 4.95. The average molecular weight is 343 g/mol. The zero-order valence-corrected chi connectivity index (χ0v) is 15.6. The van der Waals surface area contributed by atoms with Crippen molar-refractivity contribution in [2.24, 2.45) is 10.9 Å². The SMILES string of the molecule is Cc1ccc(NC(=NCC2CCCCC2)c2snnc2C)c(C)c1. The van der Waals surface area contributed by atoms with Gasteiger partial charge in [0.25, 0.3) is 0 Å². The van der Waals surface area contributed by atoms with Gasteiger partial charge in [-0.3, -0.25) is 4.99 Å². The third-order valence-corrected chi connectivity index (χ3v) is 5.57. The van der Waals surface area contributed by atoms with Gasteiger partial charge in [-0.05, 0) is 62.7 Å². The van der Waals surface area contributed by atoms with Crippen molar-refractivity contribution in [3.8, 4) is 0 Å². The predicted octanol–water partition coefficient (Wildman–Crippen LogP) is 4.90. The number of nitrogens with one attached hydrogen (secondary N) is 1. The van der Waals surface area contributed by atoms with E-state index in [9.17, 15) is 0 Å². The molecule has 4 nitrogen and oxygen atoms in total. The Bertz CT molecular complexity index is 714. The summed E-state index contributed by atoms with van der Waals surface area (Å²) in [7, 11) is 0. The molecule has 0 bridgehead atoms. The number of nitrogens with zero attached hydrogens (tertiary/aromatic N) is 3. The average Bonchev–Trinajstić information content (AvgIpc) is 3.00. The molecule has 128 valence electrons. The van der Waals surface area contributed by atoms with Crippen molar-refractivity contribution in [3.63, 3.8) is 0 Å².